The second-order valence-corrected chi connectivity index (χ2v) is 7.22. The van der Waals surface area contributed by atoms with Crippen LogP contribution in [0.15, 0.2) is 41.4 Å². The Balaban J connectivity index is 2.33. The third kappa shape index (κ3) is 4.11. The molecule has 1 N–H and O–H groups in total. The summed E-state index contributed by atoms with van der Waals surface area (Å²) in [6.45, 7) is 1.51. The Morgan fingerprint density at radius 2 is 1.80 bits per heavy atom. The van der Waals surface area contributed by atoms with Gasteiger partial charge >= 0.3 is 12.1 Å². The van der Waals surface area contributed by atoms with Crippen molar-refractivity contribution >= 4 is 33.4 Å². The summed E-state index contributed by atoms with van der Waals surface area (Å²) in [5.74, 6) is -4.52. The highest BCUT2D eigenvalue weighted by atomic mass is 32.1. The van der Waals surface area contributed by atoms with E-state index in [0.717, 1.165) is 28.8 Å². The number of carbonyl (C=O) groups excluding carboxylic acids is 1. The Morgan fingerprint density at radius 3 is 2.33 bits per heavy atom. The molecule has 5 nitrogen and oxygen atoms in total. The molecule has 0 fully saturated rings. The Labute approximate surface area is 169 Å². The van der Waals surface area contributed by atoms with Crippen molar-refractivity contribution in [2.24, 2.45) is 4.99 Å². The van der Waals surface area contributed by atoms with Gasteiger partial charge < -0.3 is 9.67 Å². The lowest BCUT2D eigenvalue weighted by Crippen LogP contribution is -2.27. The molecule has 3 aromatic rings. The van der Waals surface area contributed by atoms with Crippen LogP contribution < -0.4 is 4.80 Å². The number of hydrogen-bond donors (Lipinski definition) is 1. The zero-order valence-corrected chi connectivity index (χ0v) is 16.0. The molecule has 0 spiro atoms. The Hall–Kier alpha value is -3.08. The minimum atomic E-state index is -4.72. The second-order valence-electron chi connectivity index (χ2n) is 6.24. The van der Waals surface area contributed by atoms with Crippen LogP contribution in [0, 0.1) is 11.6 Å². The van der Waals surface area contributed by atoms with E-state index in [0.29, 0.717) is 17.4 Å². The molecule has 0 radical (unpaired) electrons. The first-order valence-corrected chi connectivity index (χ1v) is 9.33. The van der Waals surface area contributed by atoms with E-state index >= 15 is 0 Å². The monoisotopic (exact) mass is 444 g/mol. The number of halogens is 5. The molecule has 1 atom stereocenters. The molecular weight excluding hydrogens is 431 g/mol. The number of fused-ring (bicyclic) bond motifs is 1. The van der Waals surface area contributed by atoms with Gasteiger partial charge in [-0.15, -0.1) is 0 Å². The number of thiazole rings is 1. The molecule has 0 bridgehead atoms. The fourth-order valence-corrected chi connectivity index (χ4v) is 4.16. The molecule has 1 aromatic heterocycles. The van der Waals surface area contributed by atoms with Gasteiger partial charge in [0, 0.05) is 11.6 Å². The van der Waals surface area contributed by atoms with Gasteiger partial charge in [-0.3, -0.25) is 4.79 Å². The summed E-state index contributed by atoms with van der Waals surface area (Å²) >= 11 is 0.475. The highest BCUT2D eigenvalue weighted by Crippen LogP contribution is 2.37. The molecule has 11 heteroatoms. The summed E-state index contributed by atoms with van der Waals surface area (Å²) in [7, 11) is 0. The maximum atomic E-state index is 13.4. The summed E-state index contributed by atoms with van der Waals surface area (Å²) in [4.78, 5) is 27.5. The molecule has 1 amide bonds. The summed E-state index contributed by atoms with van der Waals surface area (Å²) < 4.78 is 67.8. The van der Waals surface area contributed by atoms with Crippen molar-refractivity contribution in [2.45, 2.75) is 25.6 Å². The molecule has 1 heterocycles. The number of carboxylic acid groups (broad SMARTS) is 1. The van der Waals surface area contributed by atoms with E-state index in [-0.39, 0.29) is 21.4 Å². The number of hydrogen-bond acceptors (Lipinski definition) is 3. The molecule has 2 aromatic carbocycles. The number of aromatic nitrogens is 1. The molecule has 0 aliphatic carbocycles. The average Bonchev–Trinajstić information content (AvgIpc) is 2.98. The summed E-state index contributed by atoms with van der Waals surface area (Å²) in [5.41, 5.74) is -1.54. The van der Waals surface area contributed by atoms with Crippen LogP contribution in [-0.4, -0.2) is 21.6 Å². The number of aliphatic carboxylic acids is 1. The van der Waals surface area contributed by atoms with Crippen molar-refractivity contribution in [3.63, 3.8) is 0 Å². The first kappa shape index (κ1) is 21.6. The van der Waals surface area contributed by atoms with Crippen molar-refractivity contribution in [2.75, 3.05) is 0 Å². The third-order valence-corrected chi connectivity index (χ3v) is 5.35. The van der Waals surface area contributed by atoms with Crippen LogP contribution in [0.5, 0.6) is 0 Å². The molecular formula is C19H13F5N2O3S. The van der Waals surface area contributed by atoms with E-state index in [1.807, 2.05) is 0 Å². The average molecular weight is 444 g/mol. The zero-order valence-electron chi connectivity index (χ0n) is 15.2. The number of rotatable bonds is 4. The SMILES string of the molecule is CCC(C(=O)O)n1c(=NC(=O)c2cc(F)cc(F)c2)sc2c(C(F)(F)F)cccc21. The smallest absolute Gasteiger partial charge is 0.417 e. The number of amides is 1. The predicted octanol–water partition coefficient (Wildman–Crippen LogP) is 4.78. The van der Waals surface area contributed by atoms with Crippen molar-refractivity contribution in [3.8, 4) is 0 Å². The maximum Gasteiger partial charge on any atom is 0.417 e. The fraction of sp³-hybridized carbons (Fsp3) is 0.211. The van der Waals surface area contributed by atoms with Crippen molar-refractivity contribution in [1.82, 2.24) is 4.57 Å². The van der Waals surface area contributed by atoms with Gasteiger partial charge in [0.15, 0.2) is 4.80 Å². The van der Waals surface area contributed by atoms with E-state index in [9.17, 15) is 36.6 Å². The van der Waals surface area contributed by atoms with Gasteiger partial charge in [0.2, 0.25) is 0 Å². The summed E-state index contributed by atoms with van der Waals surface area (Å²) in [6, 6.07) is 3.93. The molecule has 30 heavy (non-hydrogen) atoms. The number of carboxylic acids is 1. The lowest BCUT2D eigenvalue weighted by Gasteiger charge is -2.14. The van der Waals surface area contributed by atoms with Crippen molar-refractivity contribution in [1.29, 1.82) is 0 Å². The zero-order chi connectivity index (χ0) is 22.2. The Bertz CT molecular complexity index is 1190. The standard InChI is InChI=1S/C19H13F5N2O3S/c1-2-13(17(28)29)26-14-5-3-4-12(19(22,23)24)15(14)30-18(26)25-16(27)9-6-10(20)8-11(21)7-9/h3-8,13H,2H2,1H3,(H,28,29). The van der Waals surface area contributed by atoms with Crippen LogP contribution in [0.25, 0.3) is 10.2 Å². The normalized spacial score (nSPS) is 13.6. The van der Waals surface area contributed by atoms with Gasteiger partial charge in [-0.25, -0.2) is 13.6 Å². The lowest BCUT2D eigenvalue weighted by atomic mass is 10.1. The molecule has 1 unspecified atom stereocenters. The predicted molar refractivity (Wildman–Crippen MR) is 98.0 cm³/mol. The fourth-order valence-electron chi connectivity index (χ4n) is 2.96. The van der Waals surface area contributed by atoms with E-state index < -0.39 is 46.9 Å². The molecule has 0 saturated heterocycles. The van der Waals surface area contributed by atoms with Gasteiger partial charge in [-0.05, 0) is 30.7 Å². The first-order valence-electron chi connectivity index (χ1n) is 8.52. The lowest BCUT2D eigenvalue weighted by molar-refractivity contribution is -0.141. The minimum Gasteiger partial charge on any atom is -0.480 e. The van der Waals surface area contributed by atoms with Crippen LogP contribution >= 0.6 is 11.3 Å². The second kappa shape index (κ2) is 7.98. The topological polar surface area (TPSA) is 71.7 Å². The van der Waals surface area contributed by atoms with Gasteiger partial charge in [0.25, 0.3) is 5.91 Å². The number of alkyl halides is 3. The van der Waals surface area contributed by atoms with Crippen LogP contribution in [0.3, 0.4) is 0 Å². The summed E-state index contributed by atoms with van der Waals surface area (Å²) in [6.07, 6.45) is -4.73. The number of nitrogens with zero attached hydrogens (tertiary/aromatic N) is 2. The molecule has 3 rings (SSSR count). The van der Waals surface area contributed by atoms with E-state index in [4.69, 9.17) is 0 Å². The first-order chi connectivity index (χ1) is 14.0. The van der Waals surface area contributed by atoms with Gasteiger partial charge in [0.1, 0.15) is 17.7 Å². The highest BCUT2D eigenvalue weighted by Gasteiger charge is 2.34. The van der Waals surface area contributed by atoms with Gasteiger partial charge in [0.05, 0.1) is 15.8 Å². The van der Waals surface area contributed by atoms with E-state index in [2.05, 4.69) is 4.99 Å². The molecule has 0 saturated carbocycles. The molecule has 0 aliphatic rings. The van der Waals surface area contributed by atoms with Crippen molar-refractivity contribution in [3.05, 3.63) is 64.0 Å². The van der Waals surface area contributed by atoms with Gasteiger partial charge in [-0.2, -0.15) is 18.2 Å². The highest BCUT2D eigenvalue weighted by molar-refractivity contribution is 7.16. The largest absolute Gasteiger partial charge is 0.480 e. The molecule has 0 aliphatic heterocycles. The quantitative estimate of drug-likeness (QED) is 0.589. The Kier molecular flexibility index (Phi) is 5.75. The molecule has 158 valence electrons. The third-order valence-electron chi connectivity index (χ3n) is 4.25. The summed E-state index contributed by atoms with van der Waals surface area (Å²) in [5, 5.41) is 9.52. The van der Waals surface area contributed by atoms with Crippen LogP contribution in [0.2, 0.25) is 0 Å². The van der Waals surface area contributed by atoms with Crippen LogP contribution in [0.1, 0.15) is 35.3 Å². The van der Waals surface area contributed by atoms with Crippen LogP contribution in [-0.2, 0) is 11.0 Å². The van der Waals surface area contributed by atoms with E-state index in [1.54, 1.807) is 0 Å². The maximum absolute atomic E-state index is 13.4. The number of benzene rings is 2. The number of carbonyl (C=O) groups is 2. The van der Waals surface area contributed by atoms with E-state index in [1.165, 1.54) is 13.0 Å². The van der Waals surface area contributed by atoms with Crippen LogP contribution in [0.4, 0.5) is 22.0 Å². The Morgan fingerprint density at radius 1 is 1.17 bits per heavy atom. The van der Waals surface area contributed by atoms with Crippen molar-refractivity contribution < 1.29 is 36.6 Å². The minimum absolute atomic E-state index is 0.00656. The van der Waals surface area contributed by atoms with Gasteiger partial charge in [-0.1, -0.05) is 24.3 Å².